The van der Waals surface area contributed by atoms with Crippen LogP contribution < -0.4 is 9.47 Å². The van der Waals surface area contributed by atoms with Gasteiger partial charge in [0.1, 0.15) is 12.4 Å². The van der Waals surface area contributed by atoms with Crippen LogP contribution in [0, 0.1) is 10.1 Å². The lowest BCUT2D eigenvalue weighted by Crippen LogP contribution is -1.99. The minimum Gasteiger partial charge on any atom is -0.502 e. The van der Waals surface area contributed by atoms with E-state index in [2.05, 4.69) is 0 Å². The first-order chi connectivity index (χ1) is 9.61. The van der Waals surface area contributed by atoms with Gasteiger partial charge in [-0.1, -0.05) is 18.2 Å². The molecule has 0 aliphatic rings. The molecule has 6 heteroatoms. The zero-order chi connectivity index (χ0) is 14.5. The van der Waals surface area contributed by atoms with Crippen molar-refractivity contribution < 1.29 is 19.5 Å². The van der Waals surface area contributed by atoms with E-state index in [1.165, 1.54) is 18.2 Å². The Balaban J connectivity index is 2.18. The van der Waals surface area contributed by atoms with E-state index >= 15 is 0 Å². The van der Waals surface area contributed by atoms with Crippen LogP contribution in [0.25, 0.3) is 0 Å². The van der Waals surface area contributed by atoms with Crippen LogP contribution in [0.3, 0.4) is 0 Å². The fourth-order valence-electron chi connectivity index (χ4n) is 1.73. The Kier molecular flexibility index (Phi) is 4.05. The smallest absolute Gasteiger partial charge is 0.352 e. The van der Waals surface area contributed by atoms with Crippen LogP contribution in [-0.4, -0.2) is 17.1 Å². The third kappa shape index (κ3) is 2.97. The number of ether oxygens (including phenoxy) is 2. The normalized spacial score (nSPS) is 10.1. The number of phenolic OH excluding ortho intramolecular Hbond substituents is 1. The van der Waals surface area contributed by atoms with Gasteiger partial charge < -0.3 is 14.6 Å². The number of aromatic hydroxyl groups is 1. The van der Waals surface area contributed by atoms with Crippen LogP contribution >= 0.6 is 0 Å². The maximum absolute atomic E-state index is 10.9. The second-order valence-corrected chi connectivity index (χ2v) is 4.02. The molecule has 2 aromatic carbocycles. The van der Waals surface area contributed by atoms with Gasteiger partial charge in [-0.2, -0.15) is 0 Å². The third-order valence-electron chi connectivity index (χ3n) is 2.69. The number of methoxy groups -OCH3 is 1. The maximum atomic E-state index is 10.9. The molecule has 2 rings (SSSR count). The molecule has 20 heavy (non-hydrogen) atoms. The molecule has 6 nitrogen and oxygen atoms in total. The van der Waals surface area contributed by atoms with E-state index in [1.54, 1.807) is 25.3 Å². The average Bonchev–Trinajstić information content (AvgIpc) is 2.45. The molecule has 0 aliphatic carbocycles. The van der Waals surface area contributed by atoms with Gasteiger partial charge in [0, 0.05) is 0 Å². The standard InChI is InChI=1S/C14H13NO5/c1-19-11-5-2-4-10(8-11)9-20-13-7-3-6-12(16)14(13)15(17)18/h2-8,16H,9H2,1H3. The van der Waals surface area contributed by atoms with E-state index in [4.69, 9.17) is 9.47 Å². The van der Waals surface area contributed by atoms with Crippen LogP contribution in [0.4, 0.5) is 5.69 Å². The van der Waals surface area contributed by atoms with Crippen LogP contribution in [0.1, 0.15) is 5.56 Å². The molecule has 0 bridgehead atoms. The molecule has 0 saturated heterocycles. The minimum absolute atomic E-state index is 0.0258. The summed E-state index contributed by atoms with van der Waals surface area (Å²) in [4.78, 5) is 10.2. The Hall–Kier alpha value is -2.76. The quantitative estimate of drug-likeness (QED) is 0.670. The molecule has 0 aliphatic heterocycles. The van der Waals surface area contributed by atoms with Crippen LogP contribution in [0.15, 0.2) is 42.5 Å². The molecule has 104 valence electrons. The average molecular weight is 275 g/mol. The third-order valence-corrected chi connectivity index (χ3v) is 2.69. The lowest BCUT2D eigenvalue weighted by Gasteiger charge is -2.08. The van der Waals surface area contributed by atoms with Crippen molar-refractivity contribution in [2.75, 3.05) is 7.11 Å². The number of hydrogen-bond donors (Lipinski definition) is 1. The lowest BCUT2D eigenvalue weighted by atomic mass is 10.2. The van der Waals surface area contributed by atoms with Crippen molar-refractivity contribution in [2.45, 2.75) is 6.61 Å². The molecular weight excluding hydrogens is 262 g/mol. The zero-order valence-electron chi connectivity index (χ0n) is 10.8. The van der Waals surface area contributed by atoms with Crippen molar-refractivity contribution >= 4 is 5.69 Å². The fourth-order valence-corrected chi connectivity index (χ4v) is 1.73. The van der Waals surface area contributed by atoms with E-state index < -0.39 is 16.4 Å². The molecule has 0 amide bonds. The molecule has 0 heterocycles. The van der Waals surface area contributed by atoms with Gasteiger partial charge in [0.15, 0.2) is 5.75 Å². The number of benzene rings is 2. The highest BCUT2D eigenvalue weighted by molar-refractivity contribution is 5.56. The van der Waals surface area contributed by atoms with E-state index in [0.29, 0.717) is 5.75 Å². The molecule has 1 N–H and O–H groups in total. The number of hydrogen-bond acceptors (Lipinski definition) is 5. The van der Waals surface area contributed by atoms with Gasteiger partial charge in [-0.05, 0) is 29.8 Å². The molecular formula is C14H13NO5. The van der Waals surface area contributed by atoms with Crippen molar-refractivity contribution in [1.29, 1.82) is 0 Å². The number of nitrogens with zero attached hydrogens (tertiary/aromatic N) is 1. The first-order valence-corrected chi connectivity index (χ1v) is 5.84. The highest BCUT2D eigenvalue weighted by Crippen LogP contribution is 2.35. The summed E-state index contributed by atoms with van der Waals surface area (Å²) in [6.07, 6.45) is 0. The SMILES string of the molecule is COc1cccc(COc2cccc(O)c2[N+](=O)[O-])c1. The maximum Gasteiger partial charge on any atom is 0.352 e. The number of nitro benzene ring substituents is 1. The highest BCUT2D eigenvalue weighted by atomic mass is 16.6. The summed E-state index contributed by atoms with van der Waals surface area (Å²) in [7, 11) is 1.56. The summed E-state index contributed by atoms with van der Waals surface area (Å²) >= 11 is 0. The molecule has 0 spiro atoms. The van der Waals surface area contributed by atoms with Crippen molar-refractivity contribution in [3.8, 4) is 17.2 Å². The number of para-hydroxylation sites is 1. The van der Waals surface area contributed by atoms with Crippen LogP contribution in [0.2, 0.25) is 0 Å². The summed E-state index contributed by atoms with van der Waals surface area (Å²) in [5.74, 6) is 0.285. The van der Waals surface area contributed by atoms with Crippen molar-refractivity contribution in [1.82, 2.24) is 0 Å². The van der Waals surface area contributed by atoms with Gasteiger partial charge in [-0.15, -0.1) is 0 Å². The first-order valence-electron chi connectivity index (χ1n) is 5.84. The monoisotopic (exact) mass is 275 g/mol. The predicted octanol–water partition coefficient (Wildman–Crippen LogP) is 2.89. The van der Waals surface area contributed by atoms with E-state index in [1.807, 2.05) is 6.07 Å². The molecule has 0 saturated carbocycles. The molecule has 0 aromatic heterocycles. The van der Waals surface area contributed by atoms with Crippen molar-refractivity contribution in [3.05, 3.63) is 58.1 Å². The zero-order valence-corrected chi connectivity index (χ0v) is 10.8. The number of rotatable bonds is 5. The summed E-state index contributed by atoms with van der Waals surface area (Å²) in [5, 5.41) is 20.4. The summed E-state index contributed by atoms with van der Waals surface area (Å²) in [6, 6.07) is 11.4. The Morgan fingerprint density at radius 3 is 2.70 bits per heavy atom. The summed E-state index contributed by atoms with van der Waals surface area (Å²) < 4.78 is 10.5. The van der Waals surface area contributed by atoms with Gasteiger partial charge in [-0.3, -0.25) is 10.1 Å². The van der Waals surface area contributed by atoms with E-state index in [9.17, 15) is 15.2 Å². The van der Waals surface area contributed by atoms with E-state index in [0.717, 1.165) is 5.56 Å². The second kappa shape index (κ2) is 5.92. The largest absolute Gasteiger partial charge is 0.502 e. The Morgan fingerprint density at radius 1 is 1.25 bits per heavy atom. The van der Waals surface area contributed by atoms with Gasteiger partial charge in [-0.25, -0.2) is 0 Å². The van der Waals surface area contributed by atoms with Crippen LogP contribution in [0.5, 0.6) is 17.2 Å². The lowest BCUT2D eigenvalue weighted by molar-refractivity contribution is -0.386. The van der Waals surface area contributed by atoms with E-state index in [-0.39, 0.29) is 12.4 Å². The second-order valence-electron chi connectivity index (χ2n) is 4.02. The van der Waals surface area contributed by atoms with Gasteiger partial charge >= 0.3 is 5.69 Å². The molecule has 2 aromatic rings. The van der Waals surface area contributed by atoms with Crippen molar-refractivity contribution in [2.24, 2.45) is 0 Å². The highest BCUT2D eigenvalue weighted by Gasteiger charge is 2.20. The van der Waals surface area contributed by atoms with Gasteiger partial charge in [0.05, 0.1) is 12.0 Å². The fraction of sp³-hybridized carbons (Fsp3) is 0.143. The topological polar surface area (TPSA) is 81.8 Å². The predicted molar refractivity (Wildman–Crippen MR) is 72.1 cm³/mol. The summed E-state index contributed by atoms with van der Waals surface area (Å²) in [5.41, 5.74) is 0.373. The number of phenols is 1. The molecule has 0 radical (unpaired) electrons. The molecule has 0 unspecified atom stereocenters. The van der Waals surface area contributed by atoms with Gasteiger partial charge in [0.2, 0.25) is 5.75 Å². The Morgan fingerprint density at radius 2 is 2.00 bits per heavy atom. The summed E-state index contributed by atoms with van der Waals surface area (Å²) in [6.45, 7) is 0.140. The Labute approximate surface area is 115 Å². The first kappa shape index (κ1) is 13.7. The Bertz CT molecular complexity index is 627. The van der Waals surface area contributed by atoms with Crippen LogP contribution in [-0.2, 0) is 6.61 Å². The molecule has 0 atom stereocenters. The number of nitro groups is 1. The molecule has 0 fully saturated rings. The minimum atomic E-state index is -0.670. The van der Waals surface area contributed by atoms with Crippen molar-refractivity contribution in [3.63, 3.8) is 0 Å². The van der Waals surface area contributed by atoms with Gasteiger partial charge in [0.25, 0.3) is 0 Å².